The largest absolute Gasteiger partial charge is 0.493 e. The fourth-order valence-corrected chi connectivity index (χ4v) is 6.24. The minimum absolute atomic E-state index is 0.394. The number of benzene rings is 1. The van der Waals surface area contributed by atoms with E-state index in [-0.39, 0.29) is 0 Å². The fraction of sp³-hybridized carbons (Fsp3) is 0.417. The van der Waals surface area contributed by atoms with Crippen LogP contribution in [0.4, 0.5) is 17.5 Å². The van der Waals surface area contributed by atoms with Crippen molar-refractivity contribution >= 4 is 50.9 Å². The summed E-state index contributed by atoms with van der Waals surface area (Å²) < 4.78 is 24.6. The van der Waals surface area contributed by atoms with Crippen LogP contribution in [0, 0.1) is 0 Å². The lowest BCUT2D eigenvalue weighted by Gasteiger charge is -2.14. The Hall–Kier alpha value is -6.33. The Morgan fingerprint density at radius 2 is 0.704 bits per heavy atom. The van der Waals surface area contributed by atoms with Crippen LogP contribution in [0.5, 0.6) is 17.2 Å². The highest BCUT2D eigenvalue weighted by molar-refractivity contribution is 5.82. The first-order valence-corrected chi connectivity index (χ1v) is 18.3. The monoisotopic (exact) mass is 735 g/mol. The van der Waals surface area contributed by atoms with Gasteiger partial charge in [0, 0.05) is 37.8 Å². The highest BCUT2D eigenvalue weighted by atomic mass is 16.5. The van der Waals surface area contributed by atoms with Crippen molar-refractivity contribution in [3.63, 3.8) is 0 Å². The number of unbranched alkanes of at least 4 members (excludes halogenated alkanes) is 6. The molecule has 0 fully saturated rings. The maximum absolute atomic E-state index is 6.20. The number of hydrogen-bond acceptors (Lipinski definition) is 15. The van der Waals surface area contributed by atoms with Crippen molar-refractivity contribution in [3.05, 3.63) is 56.2 Å². The molecule has 0 radical (unpaired) electrons. The van der Waals surface area contributed by atoms with Crippen molar-refractivity contribution in [2.75, 3.05) is 37.0 Å². The third-order valence-electron chi connectivity index (χ3n) is 9.08. The number of aryl methyl sites for hydroxylation is 3. The second-order valence-corrected chi connectivity index (χ2v) is 13.0. The van der Waals surface area contributed by atoms with Crippen LogP contribution in [0.1, 0.15) is 57.8 Å². The van der Waals surface area contributed by atoms with Crippen molar-refractivity contribution in [2.24, 2.45) is 0 Å². The summed E-state index contributed by atoms with van der Waals surface area (Å²) in [4.78, 5) is 38.1. The highest BCUT2D eigenvalue weighted by Crippen LogP contribution is 2.29. The van der Waals surface area contributed by atoms with Crippen LogP contribution < -0.4 is 31.4 Å². The van der Waals surface area contributed by atoms with E-state index in [0.717, 1.165) is 112 Å². The van der Waals surface area contributed by atoms with E-state index in [1.54, 1.807) is 19.0 Å². The van der Waals surface area contributed by atoms with Gasteiger partial charge in [-0.25, -0.2) is 44.9 Å². The lowest BCUT2D eigenvalue weighted by atomic mass is 10.2. The Labute approximate surface area is 311 Å². The molecule has 0 aliphatic rings. The van der Waals surface area contributed by atoms with Gasteiger partial charge in [0.1, 0.15) is 52.8 Å². The van der Waals surface area contributed by atoms with Gasteiger partial charge in [0.15, 0.2) is 34.4 Å². The molecule has 6 N–H and O–H groups in total. The minimum atomic E-state index is 0.394. The molecule has 0 amide bonds. The van der Waals surface area contributed by atoms with Crippen molar-refractivity contribution in [1.29, 1.82) is 0 Å². The molecule has 282 valence electrons. The Bertz CT molecular complexity index is 2020. The molecule has 18 nitrogen and oxygen atoms in total. The molecule has 7 aromatic rings. The zero-order valence-corrected chi connectivity index (χ0v) is 30.1. The number of ether oxygens (including phenoxy) is 3. The quantitative estimate of drug-likeness (QED) is 0.0855. The number of nitrogens with two attached hydrogens (primary N) is 3. The van der Waals surface area contributed by atoms with Gasteiger partial charge in [-0.15, -0.1) is 0 Å². The normalized spacial score (nSPS) is 11.6. The van der Waals surface area contributed by atoms with Crippen LogP contribution in [-0.2, 0) is 19.6 Å². The smallest absolute Gasteiger partial charge is 0.165 e. The van der Waals surface area contributed by atoms with Gasteiger partial charge in [0.05, 0.1) is 38.8 Å². The van der Waals surface area contributed by atoms with E-state index in [0.29, 0.717) is 53.8 Å². The predicted molar refractivity (Wildman–Crippen MR) is 204 cm³/mol. The van der Waals surface area contributed by atoms with Crippen molar-refractivity contribution in [3.8, 4) is 17.2 Å². The third kappa shape index (κ3) is 8.82. The summed E-state index contributed by atoms with van der Waals surface area (Å²) in [7, 11) is 0. The first kappa shape index (κ1) is 36.0. The van der Waals surface area contributed by atoms with E-state index >= 15 is 0 Å². The molecule has 0 unspecified atom stereocenters. The van der Waals surface area contributed by atoms with Gasteiger partial charge in [-0.3, -0.25) is 0 Å². The molecular formula is C36H45N15O3. The van der Waals surface area contributed by atoms with E-state index in [9.17, 15) is 0 Å². The number of nitrogen functional groups attached to an aromatic ring is 3. The summed E-state index contributed by atoms with van der Waals surface area (Å²) in [5.74, 6) is 3.34. The van der Waals surface area contributed by atoms with Crippen LogP contribution in [-0.4, -0.2) is 78.4 Å². The lowest BCUT2D eigenvalue weighted by molar-refractivity contribution is 0.275. The van der Waals surface area contributed by atoms with Gasteiger partial charge in [-0.2, -0.15) is 0 Å². The van der Waals surface area contributed by atoms with E-state index in [1.165, 1.54) is 19.0 Å². The van der Waals surface area contributed by atoms with E-state index < -0.39 is 0 Å². The maximum Gasteiger partial charge on any atom is 0.165 e. The van der Waals surface area contributed by atoms with Gasteiger partial charge >= 0.3 is 0 Å². The summed E-state index contributed by atoms with van der Waals surface area (Å²) in [6.07, 6.45) is 18.1. The Morgan fingerprint density at radius 3 is 1.02 bits per heavy atom. The average molecular weight is 736 g/mol. The number of aromatic nitrogens is 12. The van der Waals surface area contributed by atoms with Gasteiger partial charge in [-0.05, 0) is 57.8 Å². The predicted octanol–water partition coefficient (Wildman–Crippen LogP) is 4.60. The van der Waals surface area contributed by atoms with Gasteiger partial charge in [-0.1, -0.05) is 0 Å². The van der Waals surface area contributed by atoms with Gasteiger partial charge in [0.25, 0.3) is 0 Å². The van der Waals surface area contributed by atoms with E-state index in [1.807, 2.05) is 31.9 Å². The molecule has 1 aromatic carbocycles. The molecule has 0 aliphatic heterocycles. The Kier molecular flexibility index (Phi) is 11.7. The summed E-state index contributed by atoms with van der Waals surface area (Å²) in [6, 6.07) is 5.80. The fourth-order valence-electron chi connectivity index (χ4n) is 6.24. The number of anilines is 3. The zero-order valence-electron chi connectivity index (χ0n) is 30.1. The van der Waals surface area contributed by atoms with Crippen LogP contribution in [0.15, 0.2) is 56.2 Å². The van der Waals surface area contributed by atoms with E-state index in [4.69, 9.17) is 31.4 Å². The van der Waals surface area contributed by atoms with Crippen LogP contribution in [0.2, 0.25) is 0 Å². The molecule has 0 atom stereocenters. The average Bonchev–Trinajstić information content (AvgIpc) is 3.91. The summed E-state index contributed by atoms with van der Waals surface area (Å²) in [6.45, 7) is 4.08. The molecule has 18 heteroatoms. The third-order valence-corrected chi connectivity index (χ3v) is 9.08. The van der Waals surface area contributed by atoms with Gasteiger partial charge in [0.2, 0.25) is 0 Å². The molecule has 0 spiro atoms. The SMILES string of the molecule is Nc1ncnc2c1ncn2CCCCCOc1cc(OCCCCCn2cnc3c(N)ncnc32)cc(OCCCCCn2cnc3c(N)ncnc32)c1. The number of imidazole rings is 3. The second-order valence-electron chi connectivity index (χ2n) is 13.0. The summed E-state index contributed by atoms with van der Waals surface area (Å²) in [5.41, 5.74) is 21.9. The van der Waals surface area contributed by atoms with Crippen molar-refractivity contribution in [1.82, 2.24) is 58.6 Å². The molecule has 0 aliphatic carbocycles. The molecule has 0 saturated heterocycles. The molecule has 0 bridgehead atoms. The van der Waals surface area contributed by atoms with Crippen molar-refractivity contribution < 1.29 is 14.2 Å². The molecule has 7 rings (SSSR count). The molecule has 6 aromatic heterocycles. The number of fused-ring (bicyclic) bond motifs is 3. The molecule has 54 heavy (non-hydrogen) atoms. The second kappa shape index (κ2) is 17.5. The topological polar surface area (TPSA) is 237 Å². The summed E-state index contributed by atoms with van der Waals surface area (Å²) >= 11 is 0. The maximum atomic E-state index is 6.20. The molecule has 0 saturated carbocycles. The van der Waals surface area contributed by atoms with Crippen molar-refractivity contribution in [2.45, 2.75) is 77.4 Å². The highest BCUT2D eigenvalue weighted by Gasteiger charge is 2.11. The Balaban J connectivity index is 0.869. The first-order chi connectivity index (χ1) is 26.5. The molecular weight excluding hydrogens is 690 g/mol. The molecule has 6 heterocycles. The van der Waals surface area contributed by atoms with Crippen LogP contribution >= 0.6 is 0 Å². The minimum Gasteiger partial charge on any atom is -0.493 e. The number of nitrogens with zero attached hydrogens (tertiary/aromatic N) is 12. The zero-order chi connectivity index (χ0) is 37.1. The van der Waals surface area contributed by atoms with E-state index in [2.05, 4.69) is 44.9 Å². The number of hydrogen-bond donors (Lipinski definition) is 3. The lowest BCUT2D eigenvalue weighted by Crippen LogP contribution is -2.04. The van der Waals surface area contributed by atoms with Crippen LogP contribution in [0.25, 0.3) is 33.5 Å². The number of rotatable bonds is 21. The Morgan fingerprint density at radius 1 is 0.389 bits per heavy atom. The standard InChI is InChI=1S/C36H45N15O3/c37-31-28-34(43-19-40-31)49(22-46-28)10-4-1-7-13-52-25-16-26(53-14-8-2-5-11-50-23-47-29-32(38)41-20-44-35(29)50)18-27(17-25)54-15-9-3-6-12-51-24-48-30-33(39)42-21-45-36(30)51/h16-24H,1-15H2,(H2,37,40,43)(H2,38,41,44)(H2,39,42,45). The van der Waals surface area contributed by atoms with Gasteiger partial charge < -0.3 is 45.1 Å². The first-order valence-electron chi connectivity index (χ1n) is 18.3. The van der Waals surface area contributed by atoms with Crippen LogP contribution in [0.3, 0.4) is 0 Å². The summed E-state index contributed by atoms with van der Waals surface area (Å²) in [5, 5.41) is 0.